The molecule has 7 heteroatoms. The van der Waals surface area contributed by atoms with E-state index in [1.54, 1.807) is 0 Å². The van der Waals surface area contributed by atoms with E-state index in [1.165, 1.54) is 0 Å². The van der Waals surface area contributed by atoms with Crippen LogP contribution in [0.25, 0.3) is 0 Å². The molecule has 0 radical (unpaired) electrons. The zero-order valence-electron chi connectivity index (χ0n) is 10.1. The van der Waals surface area contributed by atoms with Gasteiger partial charge in [0.1, 0.15) is 6.10 Å². The van der Waals surface area contributed by atoms with Gasteiger partial charge in [-0.3, -0.25) is 14.4 Å². The number of esters is 1. The van der Waals surface area contributed by atoms with Gasteiger partial charge in [-0.2, -0.15) is 0 Å². The highest BCUT2D eigenvalue weighted by Gasteiger charge is 2.40. The van der Waals surface area contributed by atoms with Crippen molar-refractivity contribution in [3.05, 3.63) is 12.7 Å². The third kappa shape index (κ3) is 4.64. The maximum absolute atomic E-state index is 11.5. The first-order chi connectivity index (χ1) is 8.25. The van der Waals surface area contributed by atoms with Gasteiger partial charge in [0, 0.05) is 6.42 Å². The fraction of sp³-hybridized carbons (Fsp3) is 0.545. The number of rotatable bonds is 8. The molecule has 0 aromatic heterocycles. The first-order valence-corrected chi connectivity index (χ1v) is 5.26. The minimum Gasteiger partial charge on any atom is -0.481 e. The van der Waals surface area contributed by atoms with Crippen LogP contribution in [0.15, 0.2) is 12.7 Å². The second-order valence-corrected chi connectivity index (χ2v) is 3.83. The summed E-state index contributed by atoms with van der Waals surface area (Å²) in [7, 11) is 0. The van der Waals surface area contributed by atoms with E-state index < -0.39 is 36.0 Å². The van der Waals surface area contributed by atoms with Crippen molar-refractivity contribution in [3.8, 4) is 0 Å². The Balaban J connectivity index is 4.93. The number of ketones is 1. The van der Waals surface area contributed by atoms with Crippen molar-refractivity contribution < 1.29 is 29.3 Å². The molecule has 0 fully saturated rings. The Kier molecular flexibility index (Phi) is 6.21. The molecule has 0 aromatic carbocycles. The maximum atomic E-state index is 11.5. The van der Waals surface area contributed by atoms with Crippen LogP contribution in [0.3, 0.4) is 0 Å². The molecule has 0 aromatic rings. The Morgan fingerprint density at radius 1 is 1.50 bits per heavy atom. The minimum atomic E-state index is -2.03. The summed E-state index contributed by atoms with van der Waals surface area (Å²) >= 11 is 0. The summed E-state index contributed by atoms with van der Waals surface area (Å²) in [4.78, 5) is 33.0. The van der Waals surface area contributed by atoms with Gasteiger partial charge in [0.15, 0.2) is 11.4 Å². The topological polar surface area (TPSA) is 127 Å². The van der Waals surface area contributed by atoms with Crippen molar-refractivity contribution in [2.75, 3.05) is 6.54 Å². The first kappa shape index (κ1) is 16.3. The normalized spacial score (nSPS) is 15.3. The highest BCUT2D eigenvalue weighted by Crippen LogP contribution is 2.20. The predicted octanol–water partition coefficient (Wildman–Crippen LogP) is -0.772. The van der Waals surface area contributed by atoms with Gasteiger partial charge >= 0.3 is 11.9 Å². The molecule has 0 aliphatic heterocycles. The van der Waals surface area contributed by atoms with E-state index in [2.05, 4.69) is 6.58 Å². The minimum absolute atomic E-state index is 0.201. The van der Waals surface area contributed by atoms with Gasteiger partial charge in [-0.05, 0) is 19.4 Å². The summed E-state index contributed by atoms with van der Waals surface area (Å²) in [6.07, 6.45) is -0.962. The van der Waals surface area contributed by atoms with Gasteiger partial charge in [0.25, 0.3) is 0 Å². The Morgan fingerprint density at radius 2 is 2.06 bits per heavy atom. The molecule has 7 nitrogen and oxygen atoms in total. The molecular formula is C11H17NO6. The van der Waals surface area contributed by atoms with E-state index in [-0.39, 0.29) is 12.8 Å². The van der Waals surface area contributed by atoms with Crippen LogP contribution in [0.2, 0.25) is 0 Å². The fourth-order valence-electron chi connectivity index (χ4n) is 1.28. The third-order valence-electron chi connectivity index (χ3n) is 2.37. The molecule has 18 heavy (non-hydrogen) atoms. The number of hydrogen-bond acceptors (Lipinski definition) is 6. The SMILES string of the molecule is C=CC(=O)C(C)(O)C(CCC(=O)O)OC(=O)CN. The zero-order valence-corrected chi connectivity index (χ0v) is 10.1. The zero-order chi connectivity index (χ0) is 14.3. The molecule has 2 atom stereocenters. The predicted molar refractivity (Wildman–Crippen MR) is 61.6 cm³/mol. The number of hydrogen-bond donors (Lipinski definition) is 3. The molecule has 0 amide bonds. The average molecular weight is 259 g/mol. The molecule has 102 valence electrons. The van der Waals surface area contributed by atoms with Crippen molar-refractivity contribution in [3.63, 3.8) is 0 Å². The summed E-state index contributed by atoms with van der Waals surface area (Å²) in [6, 6.07) is 0. The summed E-state index contributed by atoms with van der Waals surface area (Å²) in [5, 5.41) is 18.5. The second kappa shape index (κ2) is 6.87. The Labute approximate surface area is 104 Å². The number of carboxylic acid groups (broad SMARTS) is 1. The lowest BCUT2D eigenvalue weighted by Crippen LogP contribution is -2.49. The van der Waals surface area contributed by atoms with E-state index >= 15 is 0 Å². The molecule has 0 bridgehead atoms. The Bertz CT molecular complexity index is 349. The summed E-state index contributed by atoms with van der Waals surface area (Å²) in [5.41, 5.74) is 3.02. The highest BCUT2D eigenvalue weighted by molar-refractivity contribution is 5.96. The summed E-state index contributed by atoms with van der Waals surface area (Å²) < 4.78 is 4.79. The van der Waals surface area contributed by atoms with E-state index in [9.17, 15) is 19.5 Å². The van der Waals surface area contributed by atoms with Crippen LogP contribution in [-0.2, 0) is 19.1 Å². The number of nitrogens with two attached hydrogens (primary N) is 1. The van der Waals surface area contributed by atoms with Crippen molar-refractivity contribution in [2.45, 2.75) is 31.5 Å². The number of aliphatic hydroxyl groups is 1. The van der Waals surface area contributed by atoms with E-state index in [0.29, 0.717) is 0 Å². The largest absolute Gasteiger partial charge is 0.481 e. The monoisotopic (exact) mass is 259 g/mol. The molecule has 0 aliphatic rings. The lowest BCUT2D eigenvalue weighted by atomic mass is 9.90. The Hall–Kier alpha value is -1.73. The van der Waals surface area contributed by atoms with Crippen LogP contribution in [0, 0.1) is 0 Å². The third-order valence-corrected chi connectivity index (χ3v) is 2.37. The molecule has 0 rings (SSSR count). The summed E-state index contributed by atoms with van der Waals surface area (Å²) in [6.45, 7) is 3.92. The van der Waals surface area contributed by atoms with Crippen LogP contribution >= 0.6 is 0 Å². The average Bonchev–Trinajstić information content (AvgIpc) is 2.32. The maximum Gasteiger partial charge on any atom is 0.320 e. The molecule has 0 saturated heterocycles. The molecule has 0 heterocycles. The van der Waals surface area contributed by atoms with Crippen LogP contribution in [-0.4, -0.2) is 46.2 Å². The van der Waals surface area contributed by atoms with E-state index in [1.807, 2.05) is 0 Å². The molecule has 0 saturated carbocycles. The lowest BCUT2D eigenvalue weighted by molar-refractivity contribution is -0.168. The molecule has 4 N–H and O–H groups in total. The van der Waals surface area contributed by atoms with Crippen molar-refractivity contribution in [1.29, 1.82) is 0 Å². The van der Waals surface area contributed by atoms with Crippen LogP contribution in [0.4, 0.5) is 0 Å². The fourth-order valence-corrected chi connectivity index (χ4v) is 1.28. The van der Waals surface area contributed by atoms with Gasteiger partial charge < -0.3 is 20.7 Å². The van der Waals surface area contributed by atoms with Crippen LogP contribution in [0.1, 0.15) is 19.8 Å². The van der Waals surface area contributed by atoms with Gasteiger partial charge in [0.05, 0.1) is 6.54 Å². The number of ether oxygens (including phenoxy) is 1. The molecule has 0 aliphatic carbocycles. The van der Waals surface area contributed by atoms with E-state index in [4.69, 9.17) is 15.6 Å². The lowest BCUT2D eigenvalue weighted by Gasteiger charge is -2.29. The van der Waals surface area contributed by atoms with Crippen molar-refractivity contribution >= 4 is 17.7 Å². The standard InChI is InChI=1S/C11H17NO6/c1-3-7(13)11(2,17)8(4-5-9(14)15)18-10(16)6-12/h3,8,17H,1,4-6,12H2,2H3,(H,14,15). The number of carbonyl (C=O) groups excluding carboxylic acids is 2. The number of carboxylic acids is 1. The second-order valence-electron chi connectivity index (χ2n) is 3.83. The van der Waals surface area contributed by atoms with Gasteiger partial charge in [-0.15, -0.1) is 0 Å². The first-order valence-electron chi connectivity index (χ1n) is 5.26. The number of aliphatic carboxylic acids is 1. The quantitative estimate of drug-likeness (QED) is 0.385. The Morgan fingerprint density at radius 3 is 2.44 bits per heavy atom. The molecular weight excluding hydrogens is 242 g/mol. The van der Waals surface area contributed by atoms with Crippen LogP contribution in [0.5, 0.6) is 0 Å². The van der Waals surface area contributed by atoms with Gasteiger partial charge in [-0.25, -0.2) is 0 Å². The van der Waals surface area contributed by atoms with Crippen molar-refractivity contribution in [2.24, 2.45) is 5.73 Å². The summed E-state index contributed by atoms with van der Waals surface area (Å²) in [5.74, 6) is -2.73. The van der Waals surface area contributed by atoms with Gasteiger partial charge in [0.2, 0.25) is 0 Å². The molecule has 2 unspecified atom stereocenters. The number of carbonyl (C=O) groups is 3. The highest BCUT2D eigenvalue weighted by atomic mass is 16.6. The van der Waals surface area contributed by atoms with Crippen LogP contribution < -0.4 is 5.73 Å². The smallest absolute Gasteiger partial charge is 0.320 e. The van der Waals surface area contributed by atoms with Gasteiger partial charge in [-0.1, -0.05) is 6.58 Å². The van der Waals surface area contributed by atoms with E-state index in [0.717, 1.165) is 13.0 Å². The molecule has 0 spiro atoms. The van der Waals surface area contributed by atoms with Crippen molar-refractivity contribution in [1.82, 2.24) is 0 Å².